The Bertz CT molecular complexity index is 1330. The van der Waals surface area contributed by atoms with E-state index in [0.717, 1.165) is 22.4 Å². The molecule has 0 aromatic heterocycles. The van der Waals surface area contributed by atoms with E-state index in [4.69, 9.17) is 9.47 Å². The number of benzene rings is 3. The van der Waals surface area contributed by atoms with Crippen molar-refractivity contribution in [3.63, 3.8) is 0 Å². The number of rotatable bonds is 8. The quantitative estimate of drug-likeness (QED) is 0.431. The first-order valence-electron chi connectivity index (χ1n) is 11.8. The van der Waals surface area contributed by atoms with Crippen LogP contribution in [0, 0.1) is 6.92 Å². The molecule has 0 bridgehead atoms. The largest absolute Gasteiger partial charge is 0.488 e. The zero-order valence-corrected chi connectivity index (χ0v) is 20.3. The number of carbonyl (C=O) groups excluding carboxylic acids is 3. The monoisotopic (exact) mass is 484 g/mol. The summed E-state index contributed by atoms with van der Waals surface area (Å²) in [5.41, 5.74) is 4.62. The number of aryl methyl sites for hydroxylation is 2. The summed E-state index contributed by atoms with van der Waals surface area (Å²) in [5.74, 6) is -0.199. The first kappa shape index (κ1) is 24.7. The highest BCUT2D eigenvalue weighted by molar-refractivity contribution is 6.13. The van der Waals surface area contributed by atoms with Gasteiger partial charge in [0.2, 0.25) is 0 Å². The van der Waals surface area contributed by atoms with Gasteiger partial charge < -0.3 is 20.1 Å². The molecule has 2 amide bonds. The van der Waals surface area contributed by atoms with Crippen molar-refractivity contribution in [1.82, 2.24) is 0 Å². The first-order valence-corrected chi connectivity index (χ1v) is 11.8. The zero-order chi connectivity index (χ0) is 25.5. The lowest BCUT2D eigenvalue weighted by Gasteiger charge is -2.19. The lowest BCUT2D eigenvalue weighted by Crippen LogP contribution is -2.23. The fourth-order valence-electron chi connectivity index (χ4n) is 3.88. The molecule has 7 nitrogen and oxygen atoms in total. The highest BCUT2D eigenvalue weighted by Crippen LogP contribution is 2.28. The van der Waals surface area contributed by atoms with Crippen molar-refractivity contribution in [3.05, 3.63) is 94.6 Å². The van der Waals surface area contributed by atoms with Gasteiger partial charge in [0, 0.05) is 17.7 Å². The molecule has 4 rings (SSSR count). The van der Waals surface area contributed by atoms with Crippen LogP contribution in [0.5, 0.6) is 5.75 Å². The molecule has 2 N–H and O–H groups in total. The summed E-state index contributed by atoms with van der Waals surface area (Å²) < 4.78 is 10.7. The van der Waals surface area contributed by atoms with Gasteiger partial charge in [-0.2, -0.15) is 0 Å². The minimum Gasteiger partial charge on any atom is -0.488 e. The molecule has 0 radical (unpaired) electrons. The van der Waals surface area contributed by atoms with Crippen molar-refractivity contribution in [2.24, 2.45) is 0 Å². The number of hydrogen-bond acceptors (Lipinski definition) is 5. The van der Waals surface area contributed by atoms with Crippen LogP contribution in [0.15, 0.2) is 72.3 Å². The molecular formula is C29H28N2O5. The molecular weight excluding hydrogens is 456 g/mol. The first-order chi connectivity index (χ1) is 17.4. The topological polar surface area (TPSA) is 93.7 Å². The Morgan fingerprint density at radius 1 is 0.944 bits per heavy atom. The van der Waals surface area contributed by atoms with Gasteiger partial charge in [0.15, 0.2) is 0 Å². The molecule has 0 fully saturated rings. The minimum atomic E-state index is -0.358. The smallest absolute Gasteiger partial charge is 0.306 e. The van der Waals surface area contributed by atoms with Crippen LogP contribution in [-0.2, 0) is 20.7 Å². The van der Waals surface area contributed by atoms with E-state index in [1.165, 1.54) is 0 Å². The average Bonchev–Trinajstić information content (AvgIpc) is 2.88. The number of carbonyl (C=O) groups is 3. The standard InChI is InChI=1S/C29H28N2O5/c1-3-35-27(32)14-12-20-7-6-8-23(16-20)30-29(34)24-9-4-5-10-25(24)31-28(33)22-17-21-13-11-19(2)15-26(21)36-18-22/h4-11,13,15-17H,3,12,14,18H2,1-2H3,(H,30,34)(H,31,33). The summed E-state index contributed by atoms with van der Waals surface area (Å²) in [6.45, 7) is 4.25. The van der Waals surface area contributed by atoms with E-state index < -0.39 is 0 Å². The van der Waals surface area contributed by atoms with E-state index in [1.54, 1.807) is 43.3 Å². The predicted octanol–water partition coefficient (Wildman–Crippen LogP) is 5.16. The molecule has 3 aromatic rings. The Labute approximate surface area is 210 Å². The van der Waals surface area contributed by atoms with Gasteiger partial charge in [-0.25, -0.2) is 0 Å². The average molecular weight is 485 g/mol. The van der Waals surface area contributed by atoms with Crippen LogP contribution >= 0.6 is 0 Å². The number of amides is 2. The van der Waals surface area contributed by atoms with Crippen LogP contribution < -0.4 is 15.4 Å². The summed E-state index contributed by atoms with van der Waals surface area (Å²) in [5, 5.41) is 5.72. The highest BCUT2D eigenvalue weighted by atomic mass is 16.5. The molecule has 3 aromatic carbocycles. The van der Waals surface area contributed by atoms with Crippen molar-refractivity contribution in [3.8, 4) is 5.75 Å². The second kappa shape index (κ2) is 11.4. The third-order valence-electron chi connectivity index (χ3n) is 5.70. The molecule has 1 heterocycles. The van der Waals surface area contributed by atoms with E-state index in [0.29, 0.717) is 35.5 Å². The number of para-hydroxylation sites is 1. The maximum absolute atomic E-state index is 13.1. The third-order valence-corrected chi connectivity index (χ3v) is 5.70. The second-order valence-electron chi connectivity index (χ2n) is 8.46. The summed E-state index contributed by atoms with van der Waals surface area (Å²) in [4.78, 5) is 37.7. The van der Waals surface area contributed by atoms with E-state index in [-0.39, 0.29) is 30.8 Å². The molecule has 0 unspecified atom stereocenters. The number of fused-ring (bicyclic) bond motifs is 1. The van der Waals surface area contributed by atoms with Gasteiger partial charge in [0.25, 0.3) is 11.8 Å². The fraction of sp³-hybridized carbons (Fsp3) is 0.207. The van der Waals surface area contributed by atoms with E-state index in [9.17, 15) is 14.4 Å². The Morgan fingerprint density at radius 3 is 2.61 bits per heavy atom. The molecule has 1 aliphatic rings. The number of nitrogens with one attached hydrogen (secondary N) is 2. The van der Waals surface area contributed by atoms with Gasteiger partial charge in [-0.15, -0.1) is 0 Å². The molecule has 36 heavy (non-hydrogen) atoms. The minimum absolute atomic E-state index is 0.148. The van der Waals surface area contributed by atoms with Crippen LogP contribution in [0.25, 0.3) is 6.08 Å². The summed E-state index contributed by atoms with van der Waals surface area (Å²) >= 11 is 0. The van der Waals surface area contributed by atoms with E-state index >= 15 is 0 Å². The van der Waals surface area contributed by atoms with Crippen molar-refractivity contribution < 1.29 is 23.9 Å². The van der Waals surface area contributed by atoms with Gasteiger partial charge in [-0.05, 0) is 67.8 Å². The fourth-order valence-corrected chi connectivity index (χ4v) is 3.88. The van der Waals surface area contributed by atoms with Gasteiger partial charge >= 0.3 is 5.97 Å². The highest BCUT2D eigenvalue weighted by Gasteiger charge is 2.20. The van der Waals surface area contributed by atoms with Crippen molar-refractivity contribution in [2.45, 2.75) is 26.7 Å². The molecule has 0 saturated heterocycles. The van der Waals surface area contributed by atoms with Gasteiger partial charge in [0.05, 0.1) is 23.4 Å². The van der Waals surface area contributed by atoms with Crippen LogP contribution in [0.4, 0.5) is 11.4 Å². The SMILES string of the molecule is CCOC(=O)CCc1cccc(NC(=O)c2ccccc2NC(=O)C2=Cc3ccc(C)cc3OC2)c1. The number of esters is 1. The van der Waals surface area contributed by atoms with Crippen molar-refractivity contribution in [2.75, 3.05) is 23.8 Å². The van der Waals surface area contributed by atoms with Crippen LogP contribution in [0.1, 0.15) is 40.4 Å². The Morgan fingerprint density at radius 2 is 1.78 bits per heavy atom. The molecule has 1 aliphatic heterocycles. The van der Waals surface area contributed by atoms with Crippen LogP contribution in [0.3, 0.4) is 0 Å². The Kier molecular flexibility index (Phi) is 7.80. The van der Waals surface area contributed by atoms with Gasteiger partial charge in [-0.3, -0.25) is 14.4 Å². The predicted molar refractivity (Wildman–Crippen MR) is 139 cm³/mol. The maximum Gasteiger partial charge on any atom is 0.306 e. The van der Waals surface area contributed by atoms with Crippen LogP contribution in [0.2, 0.25) is 0 Å². The van der Waals surface area contributed by atoms with Crippen molar-refractivity contribution in [1.29, 1.82) is 0 Å². The molecule has 0 saturated carbocycles. The lowest BCUT2D eigenvalue weighted by atomic mass is 10.0. The van der Waals surface area contributed by atoms with Gasteiger partial charge in [0.1, 0.15) is 12.4 Å². The number of anilines is 2. The van der Waals surface area contributed by atoms with E-state index in [1.807, 2.05) is 43.3 Å². The van der Waals surface area contributed by atoms with Crippen molar-refractivity contribution >= 4 is 35.2 Å². The Hall–Kier alpha value is -4.39. The maximum atomic E-state index is 13.1. The Balaban J connectivity index is 1.45. The van der Waals surface area contributed by atoms with E-state index in [2.05, 4.69) is 10.6 Å². The summed E-state index contributed by atoms with van der Waals surface area (Å²) in [7, 11) is 0. The molecule has 0 aliphatic carbocycles. The number of ether oxygens (including phenoxy) is 2. The lowest BCUT2D eigenvalue weighted by molar-refractivity contribution is -0.143. The summed E-state index contributed by atoms with van der Waals surface area (Å²) in [6, 6.07) is 20.0. The molecule has 7 heteroatoms. The second-order valence-corrected chi connectivity index (χ2v) is 8.46. The third kappa shape index (κ3) is 6.18. The molecule has 0 spiro atoms. The molecule has 0 atom stereocenters. The molecule has 184 valence electrons. The summed E-state index contributed by atoms with van der Waals surface area (Å²) in [6.07, 6.45) is 2.58. The number of hydrogen-bond donors (Lipinski definition) is 2. The zero-order valence-electron chi connectivity index (χ0n) is 20.3. The van der Waals surface area contributed by atoms with Crippen LogP contribution in [-0.4, -0.2) is 31.0 Å². The van der Waals surface area contributed by atoms with Gasteiger partial charge in [-0.1, -0.05) is 36.4 Å². The normalized spacial score (nSPS) is 12.0.